The first-order chi connectivity index (χ1) is 13.4. The first kappa shape index (κ1) is 21.9. The van der Waals surface area contributed by atoms with E-state index >= 15 is 0 Å². The number of amides is 2. The molecule has 0 radical (unpaired) electrons. The number of carbonyl (C=O) groups is 2. The first-order valence-corrected chi connectivity index (χ1v) is 10.1. The molecule has 1 aliphatic rings. The van der Waals surface area contributed by atoms with Crippen LogP contribution in [0.1, 0.15) is 43.7 Å². The highest BCUT2D eigenvalue weighted by Crippen LogP contribution is 2.21. The van der Waals surface area contributed by atoms with Crippen LogP contribution >= 0.6 is 0 Å². The van der Waals surface area contributed by atoms with E-state index in [0.29, 0.717) is 31.6 Å². The Morgan fingerprint density at radius 2 is 1.93 bits per heavy atom. The molecule has 0 aromatic heterocycles. The third-order valence-electron chi connectivity index (χ3n) is 5.17. The fraction of sp³-hybridized carbons (Fsp3) is 0.591. The molecule has 0 bridgehead atoms. The number of likely N-dealkylation sites (tertiary alicyclic amines) is 1. The summed E-state index contributed by atoms with van der Waals surface area (Å²) >= 11 is 0. The third-order valence-corrected chi connectivity index (χ3v) is 5.17. The monoisotopic (exact) mass is 384 g/mol. The van der Waals surface area contributed by atoms with Crippen molar-refractivity contribution in [3.8, 4) is 6.07 Å². The number of carbonyl (C=O) groups excluding carboxylic acids is 2. The lowest BCUT2D eigenvalue weighted by molar-refractivity contribution is -0.141. The van der Waals surface area contributed by atoms with Crippen molar-refractivity contribution in [2.24, 2.45) is 5.92 Å². The zero-order valence-corrected chi connectivity index (χ0v) is 17.4. The number of benzene rings is 1. The molecule has 6 nitrogen and oxygen atoms in total. The molecule has 152 valence electrons. The van der Waals surface area contributed by atoms with Gasteiger partial charge in [0, 0.05) is 39.1 Å². The molecule has 1 saturated heterocycles. The minimum absolute atomic E-state index is 0.125. The SMILES string of the molecule is CCCC(=O)N1CCCC(C(=O)N(CCN(C)C)Cc2ccc(C#N)cc2)C1. The smallest absolute Gasteiger partial charge is 0.227 e. The average molecular weight is 385 g/mol. The number of nitriles is 1. The highest BCUT2D eigenvalue weighted by atomic mass is 16.2. The quantitative estimate of drug-likeness (QED) is 0.691. The van der Waals surface area contributed by atoms with E-state index in [1.807, 2.05) is 43.0 Å². The van der Waals surface area contributed by atoms with Crippen LogP contribution in [0.3, 0.4) is 0 Å². The molecular formula is C22H32N4O2. The Bertz CT molecular complexity index is 693. The van der Waals surface area contributed by atoms with Crippen LogP contribution in [0, 0.1) is 17.2 Å². The van der Waals surface area contributed by atoms with E-state index < -0.39 is 0 Å². The maximum absolute atomic E-state index is 13.3. The van der Waals surface area contributed by atoms with Gasteiger partial charge in [0.1, 0.15) is 0 Å². The predicted molar refractivity (Wildman–Crippen MR) is 109 cm³/mol. The van der Waals surface area contributed by atoms with E-state index in [2.05, 4.69) is 11.0 Å². The number of piperidine rings is 1. The highest BCUT2D eigenvalue weighted by Gasteiger charge is 2.31. The molecule has 1 unspecified atom stereocenters. The average Bonchev–Trinajstić information content (AvgIpc) is 2.71. The van der Waals surface area contributed by atoms with Gasteiger partial charge in [0.05, 0.1) is 17.6 Å². The Kier molecular flexibility index (Phi) is 8.46. The second kappa shape index (κ2) is 10.8. The lowest BCUT2D eigenvalue weighted by atomic mass is 9.95. The highest BCUT2D eigenvalue weighted by molar-refractivity contribution is 5.81. The van der Waals surface area contributed by atoms with Crippen LogP contribution in [-0.4, -0.2) is 66.8 Å². The second-order valence-corrected chi connectivity index (χ2v) is 7.80. The number of hydrogen-bond acceptors (Lipinski definition) is 4. The summed E-state index contributed by atoms with van der Waals surface area (Å²) in [7, 11) is 3.99. The van der Waals surface area contributed by atoms with Crippen molar-refractivity contribution in [2.45, 2.75) is 39.2 Å². The van der Waals surface area contributed by atoms with Gasteiger partial charge >= 0.3 is 0 Å². The summed E-state index contributed by atoms with van der Waals surface area (Å²) in [5, 5.41) is 8.97. The molecule has 6 heteroatoms. The van der Waals surface area contributed by atoms with Gasteiger partial charge in [0.15, 0.2) is 0 Å². The van der Waals surface area contributed by atoms with Gasteiger partial charge in [-0.3, -0.25) is 9.59 Å². The largest absolute Gasteiger partial charge is 0.342 e. The first-order valence-electron chi connectivity index (χ1n) is 10.1. The molecule has 1 aliphatic heterocycles. The topological polar surface area (TPSA) is 67.7 Å². The Labute approximate surface area is 168 Å². The molecule has 0 saturated carbocycles. The normalized spacial score (nSPS) is 16.7. The van der Waals surface area contributed by atoms with Gasteiger partial charge in [-0.1, -0.05) is 19.1 Å². The molecule has 1 aromatic rings. The molecule has 0 N–H and O–H groups in total. The minimum atomic E-state index is -0.130. The van der Waals surface area contributed by atoms with Crippen molar-refractivity contribution in [1.29, 1.82) is 5.26 Å². The molecule has 1 aromatic carbocycles. The van der Waals surface area contributed by atoms with E-state index in [9.17, 15) is 9.59 Å². The summed E-state index contributed by atoms with van der Waals surface area (Å²) in [6.07, 6.45) is 3.10. The molecule has 2 rings (SSSR count). The summed E-state index contributed by atoms with van der Waals surface area (Å²) < 4.78 is 0. The Morgan fingerprint density at radius 3 is 2.54 bits per heavy atom. The van der Waals surface area contributed by atoms with Gasteiger partial charge in [-0.15, -0.1) is 0 Å². The molecule has 28 heavy (non-hydrogen) atoms. The van der Waals surface area contributed by atoms with Crippen molar-refractivity contribution < 1.29 is 9.59 Å². The van der Waals surface area contributed by atoms with Crippen LogP contribution < -0.4 is 0 Å². The minimum Gasteiger partial charge on any atom is -0.342 e. The number of nitrogens with zero attached hydrogens (tertiary/aromatic N) is 4. The summed E-state index contributed by atoms with van der Waals surface area (Å²) in [6, 6.07) is 9.52. The second-order valence-electron chi connectivity index (χ2n) is 7.80. The predicted octanol–water partition coefficient (Wildman–Crippen LogP) is 2.49. The Balaban J connectivity index is 2.08. The summed E-state index contributed by atoms with van der Waals surface area (Å²) in [4.78, 5) is 31.4. The van der Waals surface area contributed by atoms with Gasteiger partial charge in [0.2, 0.25) is 11.8 Å². The number of hydrogen-bond donors (Lipinski definition) is 0. The molecule has 0 aliphatic carbocycles. The van der Waals surface area contributed by atoms with E-state index in [-0.39, 0.29) is 17.7 Å². The standard InChI is InChI=1S/C22H32N4O2/c1-4-6-21(27)25-12-5-7-20(17-25)22(28)26(14-13-24(2)3)16-19-10-8-18(15-23)9-11-19/h8-11,20H,4-7,12-14,16-17H2,1-3H3. The third kappa shape index (κ3) is 6.35. The maximum Gasteiger partial charge on any atom is 0.227 e. The van der Waals surface area contributed by atoms with Gasteiger partial charge in [0.25, 0.3) is 0 Å². The lowest BCUT2D eigenvalue weighted by Gasteiger charge is -2.35. The van der Waals surface area contributed by atoms with Gasteiger partial charge < -0.3 is 14.7 Å². The molecule has 1 atom stereocenters. The Hall–Kier alpha value is -2.39. The fourth-order valence-corrected chi connectivity index (χ4v) is 3.53. The van der Waals surface area contributed by atoms with Crippen molar-refractivity contribution in [3.05, 3.63) is 35.4 Å². The van der Waals surface area contributed by atoms with Crippen molar-refractivity contribution in [3.63, 3.8) is 0 Å². The van der Waals surface area contributed by atoms with Crippen molar-refractivity contribution in [1.82, 2.24) is 14.7 Å². The van der Waals surface area contributed by atoms with E-state index in [1.165, 1.54) is 0 Å². The zero-order chi connectivity index (χ0) is 20.5. The summed E-state index contributed by atoms with van der Waals surface area (Å²) in [5.41, 5.74) is 1.63. The molecule has 1 heterocycles. The van der Waals surface area contributed by atoms with E-state index in [4.69, 9.17) is 5.26 Å². The van der Waals surface area contributed by atoms with Crippen LogP contribution in [0.4, 0.5) is 0 Å². The van der Waals surface area contributed by atoms with Crippen LogP contribution in [-0.2, 0) is 16.1 Å². The van der Waals surface area contributed by atoms with Crippen LogP contribution in [0.2, 0.25) is 0 Å². The number of likely N-dealkylation sites (N-methyl/N-ethyl adjacent to an activating group) is 1. The van der Waals surface area contributed by atoms with Crippen molar-refractivity contribution in [2.75, 3.05) is 40.3 Å². The molecular weight excluding hydrogens is 352 g/mol. The zero-order valence-electron chi connectivity index (χ0n) is 17.4. The number of rotatable bonds is 8. The lowest BCUT2D eigenvalue weighted by Crippen LogP contribution is -2.47. The van der Waals surface area contributed by atoms with Gasteiger partial charge in [-0.25, -0.2) is 0 Å². The van der Waals surface area contributed by atoms with Crippen LogP contribution in [0.5, 0.6) is 0 Å². The molecule has 0 spiro atoms. The van der Waals surface area contributed by atoms with Crippen molar-refractivity contribution >= 4 is 11.8 Å². The summed E-state index contributed by atoms with van der Waals surface area (Å²) in [5.74, 6) is 0.155. The molecule has 1 fully saturated rings. The van der Waals surface area contributed by atoms with Crippen LogP contribution in [0.15, 0.2) is 24.3 Å². The summed E-state index contributed by atoms with van der Waals surface area (Å²) in [6.45, 7) is 5.25. The van der Waals surface area contributed by atoms with Gasteiger partial charge in [-0.05, 0) is 51.1 Å². The fourth-order valence-electron chi connectivity index (χ4n) is 3.53. The molecule has 2 amide bonds. The van der Waals surface area contributed by atoms with Gasteiger partial charge in [-0.2, -0.15) is 5.26 Å². The van der Waals surface area contributed by atoms with E-state index in [0.717, 1.165) is 37.9 Å². The van der Waals surface area contributed by atoms with E-state index in [1.54, 1.807) is 12.1 Å². The Morgan fingerprint density at radius 1 is 1.21 bits per heavy atom. The van der Waals surface area contributed by atoms with Crippen LogP contribution in [0.25, 0.3) is 0 Å². The maximum atomic E-state index is 13.3.